The lowest BCUT2D eigenvalue weighted by molar-refractivity contribution is 0.258. The molecule has 1 spiro atoms. The summed E-state index contributed by atoms with van der Waals surface area (Å²) in [5.74, 6) is 0. The maximum absolute atomic E-state index is 5.65. The lowest BCUT2D eigenvalue weighted by atomic mass is 9.99. The number of amidine groups is 1. The van der Waals surface area contributed by atoms with Crippen LogP contribution in [0.3, 0.4) is 0 Å². The van der Waals surface area contributed by atoms with E-state index >= 15 is 0 Å². The van der Waals surface area contributed by atoms with Gasteiger partial charge in [-0.25, -0.2) is 4.99 Å². The first-order valence-corrected chi connectivity index (χ1v) is 6.33. The number of nitrogens with zero attached hydrogens (tertiary/aromatic N) is 2. The van der Waals surface area contributed by atoms with E-state index in [0.717, 1.165) is 18.4 Å². The summed E-state index contributed by atoms with van der Waals surface area (Å²) in [5, 5.41) is 6.83. The zero-order valence-electron chi connectivity index (χ0n) is 10.4. The first kappa shape index (κ1) is 10.6. The predicted octanol–water partition coefficient (Wildman–Crippen LogP) is 1.26. The number of nitrogens with one attached hydrogen (secondary N) is 1. The molecule has 0 saturated carbocycles. The van der Waals surface area contributed by atoms with Crippen LogP contribution in [0.5, 0.6) is 0 Å². The maximum Gasteiger partial charge on any atom is 0.282 e. The van der Waals surface area contributed by atoms with Crippen LogP contribution in [0, 0.1) is 0 Å². The van der Waals surface area contributed by atoms with Crippen molar-refractivity contribution in [1.29, 1.82) is 0 Å². The first-order valence-electron chi connectivity index (χ1n) is 6.33. The summed E-state index contributed by atoms with van der Waals surface area (Å²) >= 11 is 0. The van der Waals surface area contributed by atoms with Crippen molar-refractivity contribution >= 4 is 6.02 Å². The molecule has 1 unspecified atom stereocenters. The molecule has 19 heavy (non-hydrogen) atoms. The van der Waals surface area contributed by atoms with Crippen LogP contribution in [0.15, 0.2) is 35.6 Å². The van der Waals surface area contributed by atoms with E-state index in [1.165, 1.54) is 16.7 Å². The average Bonchev–Trinajstić information content (AvgIpc) is 3.09. The Labute approximate surface area is 110 Å². The van der Waals surface area contributed by atoms with Gasteiger partial charge in [-0.05, 0) is 16.7 Å². The molecule has 0 radical (unpaired) electrons. The van der Waals surface area contributed by atoms with Gasteiger partial charge in [-0.1, -0.05) is 18.2 Å². The molecule has 1 aromatic carbocycles. The van der Waals surface area contributed by atoms with Crippen LogP contribution >= 0.6 is 0 Å². The number of ether oxygens (including phenoxy) is 1. The van der Waals surface area contributed by atoms with Gasteiger partial charge in [0.2, 0.25) is 0 Å². The molecule has 96 valence electrons. The van der Waals surface area contributed by atoms with Crippen molar-refractivity contribution < 1.29 is 4.74 Å². The van der Waals surface area contributed by atoms with Crippen molar-refractivity contribution in [2.75, 3.05) is 6.61 Å². The Kier molecular flexibility index (Phi) is 2.01. The number of hydrogen-bond acceptors (Lipinski definition) is 4. The number of fused-ring (bicyclic) bond motifs is 1. The standard InChI is InChI=1S/C14H14N4O/c15-13-18-14(8-19-13)4-10-2-1-9(3-11(10)5-14)12-6-16-17-7-12/h1-3,6-7H,4-5,8H2,(H2,15,18)(H,16,17). The monoisotopic (exact) mass is 254 g/mol. The van der Waals surface area contributed by atoms with Gasteiger partial charge in [-0.15, -0.1) is 0 Å². The zero-order valence-corrected chi connectivity index (χ0v) is 10.4. The Morgan fingerprint density at radius 2 is 2.11 bits per heavy atom. The molecule has 1 atom stereocenters. The van der Waals surface area contributed by atoms with E-state index in [2.05, 4.69) is 33.4 Å². The smallest absolute Gasteiger partial charge is 0.282 e. The van der Waals surface area contributed by atoms with E-state index in [0.29, 0.717) is 12.6 Å². The van der Waals surface area contributed by atoms with Crippen molar-refractivity contribution in [2.24, 2.45) is 10.7 Å². The van der Waals surface area contributed by atoms with Crippen molar-refractivity contribution in [3.63, 3.8) is 0 Å². The number of benzene rings is 1. The van der Waals surface area contributed by atoms with Crippen LogP contribution < -0.4 is 5.73 Å². The van der Waals surface area contributed by atoms with Crippen LogP contribution in [-0.2, 0) is 17.6 Å². The van der Waals surface area contributed by atoms with E-state index in [1.54, 1.807) is 0 Å². The second kappa shape index (κ2) is 3.60. The highest BCUT2D eigenvalue weighted by Crippen LogP contribution is 2.37. The summed E-state index contributed by atoms with van der Waals surface area (Å²) in [7, 11) is 0. The molecule has 2 aliphatic rings. The highest BCUT2D eigenvalue weighted by atomic mass is 16.5. The minimum absolute atomic E-state index is 0.165. The van der Waals surface area contributed by atoms with Crippen LogP contribution in [0.2, 0.25) is 0 Å². The molecular weight excluding hydrogens is 240 g/mol. The van der Waals surface area contributed by atoms with Gasteiger partial charge in [-0.2, -0.15) is 5.10 Å². The van der Waals surface area contributed by atoms with E-state index in [1.807, 2.05) is 12.4 Å². The molecule has 5 heteroatoms. The fourth-order valence-corrected chi connectivity index (χ4v) is 3.01. The van der Waals surface area contributed by atoms with Gasteiger partial charge in [0.05, 0.1) is 6.20 Å². The molecule has 2 aromatic rings. The third-order valence-electron chi connectivity index (χ3n) is 3.91. The Morgan fingerprint density at radius 1 is 1.21 bits per heavy atom. The summed E-state index contributed by atoms with van der Waals surface area (Å²) in [6.07, 6.45) is 5.55. The number of hydrogen-bond donors (Lipinski definition) is 2. The third-order valence-corrected chi connectivity index (χ3v) is 3.91. The molecule has 0 amide bonds. The molecule has 5 nitrogen and oxygen atoms in total. The number of nitrogens with two attached hydrogens (primary N) is 1. The van der Waals surface area contributed by atoms with Gasteiger partial charge >= 0.3 is 0 Å². The Morgan fingerprint density at radius 3 is 2.84 bits per heavy atom. The van der Waals surface area contributed by atoms with Crippen molar-refractivity contribution in [3.05, 3.63) is 41.7 Å². The minimum Gasteiger partial charge on any atom is -0.463 e. The van der Waals surface area contributed by atoms with E-state index in [9.17, 15) is 0 Å². The molecule has 0 saturated heterocycles. The average molecular weight is 254 g/mol. The quantitative estimate of drug-likeness (QED) is 0.804. The molecule has 2 heterocycles. The largest absolute Gasteiger partial charge is 0.463 e. The number of aromatic amines is 1. The Balaban J connectivity index is 1.71. The number of H-pyrrole nitrogens is 1. The molecule has 0 bridgehead atoms. The summed E-state index contributed by atoms with van der Waals surface area (Å²) < 4.78 is 5.34. The fourth-order valence-electron chi connectivity index (χ4n) is 3.01. The second-order valence-corrected chi connectivity index (χ2v) is 5.29. The molecule has 0 fully saturated rings. The topological polar surface area (TPSA) is 76.3 Å². The predicted molar refractivity (Wildman–Crippen MR) is 71.7 cm³/mol. The van der Waals surface area contributed by atoms with Gasteiger partial charge in [0.1, 0.15) is 12.1 Å². The first-order chi connectivity index (χ1) is 9.24. The summed E-state index contributed by atoms with van der Waals surface area (Å²) in [4.78, 5) is 4.48. The van der Waals surface area contributed by atoms with E-state index < -0.39 is 0 Å². The maximum atomic E-state index is 5.65. The van der Waals surface area contributed by atoms with Gasteiger partial charge in [0.15, 0.2) is 0 Å². The normalized spacial score (nSPS) is 24.3. The van der Waals surface area contributed by atoms with E-state index in [-0.39, 0.29) is 5.54 Å². The van der Waals surface area contributed by atoms with Crippen LogP contribution in [0.1, 0.15) is 11.1 Å². The number of aliphatic imine (C=N–C) groups is 1. The summed E-state index contributed by atoms with van der Waals surface area (Å²) in [6, 6.07) is 6.85. The SMILES string of the molecule is NC1=NC2(CO1)Cc1ccc(-c3cn[nH]c3)cc1C2. The highest BCUT2D eigenvalue weighted by Gasteiger charge is 2.41. The van der Waals surface area contributed by atoms with Gasteiger partial charge in [-0.3, -0.25) is 5.10 Å². The van der Waals surface area contributed by atoms with Gasteiger partial charge < -0.3 is 10.5 Å². The molecule has 4 rings (SSSR count). The molecule has 1 aliphatic carbocycles. The lowest BCUT2D eigenvalue weighted by Crippen LogP contribution is -2.28. The second-order valence-electron chi connectivity index (χ2n) is 5.29. The number of aromatic nitrogens is 2. The third kappa shape index (κ3) is 1.62. The Bertz CT molecular complexity index is 662. The summed E-state index contributed by atoms with van der Waals surface area (Å²) in [6.45, 7) is 0.592. The Hall–Kier alpha value is -2.30. The van der Waals surface area contributed by atoms with E-state index in [4.69, 9.17) is 10.5 Å². The molecular formula is C14H14N4O. The molecule has 3 N–H and O–H groups in total. The molecule has 1 aliphatic heterocycles. The zero-order chi connectivity index (χ0) is 12.9. The summed E-state index contributed by atoms with van der Waals surface area (Å²) in [5.41, 5.74) is 10.4. The van der Waals surface area contributed by atoms with Gasteiger partial charge in [0.25, 0.3) is 6.02 Å². The van der Waals surface area contributed by atoms with Crippen molar-refractivity contribution in [2.45, 2.75) is 18.4 Å². The van der Waals surface area contributed by atoms with Crippen LogP contribution in [0.4, 0.5) is 0 Å². The fraction of sp³-hybridized carbons (Fsp3) is 0.286. The highest BCUT2D eigenvalue weighted by molar-refractivity contribution is 5.74. The van der Waals surface area contributed by atoms with Crippen LogP contribution in [0.25, 0.3) is 11.1 Å². The van der Waals surface area contributed by atoms with Crippen molar-refractivity contribution in [1.82, 2.24) is 10.2 Å². The van der Waals surface area contributed by atoms with Gasteiger partial charge in [0, 0.05) is 24.6 Å². The van der Waals surface area contributed by atoms with Crippen LogP contribution in [-0.4, -0.2) is 28.4 Å². The molecule has 1 aromatic heterocycles. The minimum atomic E-state index is -0.165. The van der Waals surface area contributed by atoms with Crippen molar-refractivity contribution in [3.8, 4) is 11.1 Å². The lowest BCUT2D eigenvalue weighted by Gasteiger charge is -2.15. The number of rotatable bonds is 1.